The molecule has 0 radical (unpaired) electrons. The van der Waals surface area contributed by atoms with E-state index in [2.05, 4.69) is 0 Å². The van der Waals surface area contributed by atoms with Crippen molar-refractivity contribution in [2.75, 3.05) is 0 Å². The van der Waals surface area contributed by atoms with Crippen molar-refractivity contribution >= 4 is 23.5 Å². The van der Waals surface area contributed by atoms with Crippen molar-refractivity contribution in [2.24, 2.45) is 0 Å². The molecule has 0 amide bonds. The van der Waals surface area contributed by atoms with Crippen LogP contribution in [0.3, 0.4) is 0 Å². The van der Waals surface area contributed by atoms with Crippen molar-refractivity contribution in [1.82, 2.24) is 0 Å². The fourth-order valence-corrected chi connectivity index (χ4v) is 1.06. The van der Waals surface area contributed by atoms with E-state index in [9.17, 15) is 4.79 Å². The van der Waals surface area contributed by atoms with Crippen molar-refractivity contribution in [1.29, 1.82) is 0 Å². The van der Waals surface area contributed by atoms with Crippen LogP contribution in [0.25, 0.3) is 6.08 Å². The number of benzene rings is 1. The number of halogens is 1. The molecular formula is C12H11ClO. The molecule has 1 rings (SSSR count). The molecule has 0 saturated carbocycles. The van der Waals surface area contributed by atoms with E-state index in [0.717, 1.165) is 10.6 Å². The number of hydrogen-bond acceptors (Lipinski definition) is 1. The number of rotatable bonds is 3. The summed E-state index contributed by atoms with van der Waals surface area (Å²) in [5, 5.41) is 0.724. The third-order valence-electron chi connectivity index (χ3n) is 1.60. The van der Waals surface area contributed by atoms with Gasteiger partial charge in [0.2, 0.25) is 0 Å². The number of hydrogen-bond donors (Lipinski definition) is 0. The smallest absolute Gasteiger partial charge is 0.152 e. The van der Waals surface area contributed by atoms with Crippen molar-refractivity contribution in [3.63, 3.8) is 0 Å². The van der Waals surface area contributed by atoms with Gasteiger partial charge in [-0.05, 0) is 30.7 Å². The van der Waals surface area contributed by atoms with Crippen molar-refractivity contribution in [2.45, 2.75) is 6.92 Å². The molecule has 14 heavy (non-hydrogen) atoms. The van der Waals surface area contributed by atoms with E-state index >= 15 is 0 Å². The zero-order valence-corrected chi connectivity index (χ0v) is 8.66. The van der Waals surface area contributed by atoms with E-state index in [0.29, 0.717) is 0 Å². The highest BCUT2D eigenvalue weighted by Crippen LogP contribution is 2.10. The average molecular weight is 207 g/mol. The molecule has 72 valence electrons. The molecule has 0 aliphatic carbocycles. The van der Waals surface area contributed by atoms with Crippen LogP contribution in [-0.4, -0.2) is 5.78 Å². The lowest BCUT2D eigenvalue weighted by atomic mass is 10.2. The lowest BCUT2D eigenvalue weighted by Crippen LogP contribution is -1.77. The summed E-state index contributed by atoms with van der Waals surface area (Å²) in [5.41, 5.74) is 1.06. The van der Waals surface area contributed by atoms with Crippen LogP contribution in [0, 0.1) is 0 Å². The Morgan fingerprint density at radius 1 is 1.21 bits per heavy atom. The van der Waals surface area contributed by atoms with E-state index in [4.69, 9.17) is 11.6 Å². The third kappa shape index (κ3) is 4.06. The van der Waals surface area contributed by atoms with Crippen molar-refractivity contribution in [3.8, 4) is 0 Å². The number of ketones is 1. The second kappa shape index (κ2) is 5.40. The molecule has 0 bridgehead atoms. The molecular weight excluding hydrogens is 196 g/mol. The summed E-state index contributed by atoms with van der Waals surface area (Å²) < 4.78 is 0. The minimum absolute atomic E-state index is 0.0470. The molecule has 0 atom stereocenters. The standard InChI is InChI=1S/C12H11ClO/c1-10(14)4-2-3-5-11-6-8-12(13)9-7-11/h2-9H,1H3/b4-2-,5-3+. The first-order valence-electron chi connectivity index (χ1n) is 4.29. The monoisotopic (exact) mass is 206 g/mol. The van der Waals surface area contributed by atoms with Crippen LogP contribution in [0.15, 0.2) is 42.5 Å². The van der Waals surface area contributed by atoms with Gasteiger partial charge in [0, 0.05) is 5.02 Å². The molecule has 0 heterocycles. The van der Waals surface area contributed by atoms with Gasteiger partial charge in [-0.25, -0.2) is 0 Å². The first kappa shape index (κ1) is 10.7. The summed E-state index contributed by atoms with van der Waals surface area (Å²) in [7, 11) is 0. The SMILES string of the molecule is CC(=O)/C=C\C=C\c1ccc(Cl)cc1. The highest BCUT2D eigenvalue weighted by Gasteiger charge is 1.86. The Kier molecular flexibility index (Phi) is 4.14. The zero-order chi connectivity index (χ0) is 10.4. The Balaban J connectivity index is 2.60. The zero-order valence-electron chi connectivity index (χ0n) is 7.91. The summed E-state index contributed by atoms with van der Waals surface area (Å²) in [6.07, 6.45) is 6.98. The highest BCUT2D eigenvalue weighted by molar-refractivity contribution is 6.30. The lowest BCUT2D eigenvalue weighted by molar-refractivity contribution is -0.112. The fourth-order valence-electron chi connectivity index (χ4n) is 0.932. The Morgan fingerprint density at radius 3 is 2.43 bits per heavy atom. The van der Waals surface area contributed by atoms with Crippen LogP contribution < -0.4 is 0 Å². The van der Waals surface area contributed by atoms with Crippen molar-refractivity contribution < 1.29 is 4.79 Å². The Labute approximate surface area is 88.7 Å². The molecule has 0 N–H and O–H groups in total. The van der Waals surface area contributed by atoms with Crippen LogP contribution in [0.1, 0.15) is 12.5 Å². The predicted molar refractivity (Wildman–Crippen MR) is 60.3 cm³/mol. The van der Waals surface area contributed by atoms with E-state index in [1.54, 1.807) is 6.08 Å². The summed E-state index contributed by atoms with van der Waals surface area (Å²) in [5.74, 6) is 0.0470. The molecule has 0 aliphatic rings. The van der Waals surface area contributed by atoms with Gasteiger partial charge in [0.1, 0.15) is 0 Å². The van der Waals surface area contributed by atoms with Gasteiger partial charge in [0.25, 0.3) is 0 Å². The maximum absolute atomic E-state index is 10.6. The molecule has 1 aromatic carbocycles. The summed E-state index contributed by atoms with van der Waals surface area (Å²) in [6.45, 7) is 1.52. The number of carbonyl (C=O) groups excluding carboxylic acids is 1. The quantitative estimate of drug-likeness (QED) is 0.547. The topological polar surface area (TPSA) is 17.1 Å². The van der Waals surface area contributed by atoms with Gasteiger partial charge in [0.15, 0.2) is 5.78 Å². The van der Waals surface area contributed by atoms with Crippen LogP contribution in [0.2, 0.25) is 5.02 Å². The molecule has 2 heteroatoms. The second-order valence-electron chi connectivity index (χ2n) is 2.88. The normalized spacial score (nSPS) is 11.3. The molecule has 0 unspecified atom stereocenters. The second-order valence-corrected chi connectivity index (χ2v) is 3.32. The third-order valence-corrected chi connectivity index (χ3v) is 1.85. The number of carbonyl (C=O) groups is 1. The minimum atomic E-state index is 0.0470. The van der Waals surface area contributed by atoms with Crippen LogP contribution in [-0.2, 0) is 4.79 Å². The molecule has 0 fully saturated rings. The van der Waals surface area contributed by atoms with Gasteiger partial charge in [-0.2, -0.15) is 0 Å². The van der Waals surface area contributed by atoms with Crippen molar-refractivity contribution in [3.05, 3.63) is 53.1 Å². The number of allylic oxidation sites excluding steroid dienone is 3. The van der Waals surface area contributed by atoms with Crippen LogP contribution in [0.5, 0.6) is 0 Å². The van der Waals surface area contributed by atoms with Gasteiger partial charge in [-0.15, -0.1) is 0 Å². The summed E-state index contributed by atoms with van der Waals surface area (Å²) in [6, 6.07) is 7.49. The lowest BCUT2D eigenvalue weighted by Gasteiger charge is -1.91. The average Bonchev–Trinajstić information content (AvgIpc) is 2.15. The van der Waals surface area contributed by atoms with E-state index in [1.807, 2.05) is 36.4 Å². The Bertz CT molecular complexity index is 360. The Hall–Kier alpha value is -1.34. The van der Waals surface area contributed by atoms with Gasteiger partial charge < -0.3 is 0 Å². The van der Waals surface area contributed by atoms with E-state index < -0.39 is 0 Å². The van der Waals surface area contributed by atoms with Crippen LogP contribution in [0.4, 0.5) is 0 Å². The van der Waals surface area contributed by atoms with Gasteiger partial charge in [-0.1, -0.05) is 42.0 Å². The highest BCUT2D eigenvalue weighted by atomic mass is 35.5. The van der Waals surface area contributed by atoms with Gasteiger partial charge in [0.05, 0.1) is 0 Å². The first-order chi connectivity index (χ1) is 6.68. The summed E-state index contributed by atoms with van der Waals surface area (Å²) >= 11 is 5.73. The van der Waals surface area contributed by atoms with E-state index in [1.165, 1.54) is 13.0 Å². The fraction of sp³-hybridized carbons (Fsp3) is 0.0833. The van der Waals surface area contributed by atoms with Gasteiger partial charge >= 0.3 is 0 Å². The largest absolute Gasteiger partial charge is 0.295 e. The Morgan fingerprint density at radius 2 is 1.86 bits per heavy atom. The van der Waals surface area contributed by atoms with E-state index in [-0.39, 0.29) is 5.78 Å². The predicted octanol–water partition coefficient (Wildman–Crippen LogP) is 3.50. The molecule has 1 aromatic rings. The molecule has 0 saturated heterocycles. The first-order valence-corrected chi connectivity index (χ1v) is 4.67. The maximum atomic E-state index is 10.6. The van der Waals surface area contributed by atoms with Gasteiger partial charge in [-0.3, -0.25) is 4.79 Å². The summed E-state index contributed by atoms with van der Waals surface area (Å²) in [4.78, 5) is 10.6. The van der Waals surface area contributed by atoms with Crippen LogP contribution >= 0.6 is 11.6 Å². The molecule has 1 nitrogen and oxygen atoms in total. The maximum Gasteiger partial charge on any atom is 0.152 e. The molecule has 0 aliphatic heterocycles. The minimum Gasteiger partial charge on any atom is -0.295 e. The molecule has 0 spiro atoms. The molecule has 0 aromatic heterocycles.